The van der Waals surface area contributed by atoms with Gasteiger partial charge in [0, 0.05) is 10.6 Å². The molecule has 2 amide bonds. The van der Waals surface area contributed by atoms with Crippen molar-refractivity contribution in [3.05, 3.63) is 75.4 Å². The van der Waals surface area contributed by atoms with E-state index in [1.807, 2.05) is 0 Å². The van der Waals surface area contributed by atoms with Crippen LogP contribution in [0.3, 0.4) is 0 Å². The van der Waals surface area contributed by atoms with Crippen LogP contribution in [-0.2, 0) is 4.79 Å². The number of rotatable bonds is 2. The van der Waals surface area contributed by atoms with Crippen molar-refractivity contribution in [2.45, 2.75) is 0 Å². The zero-order valence-electron chi connectivity index (χ0n) is 12.1. The van der Waals surface area contributed by atoms with Crippen molar-refractivity contribution in [1.82, 2.24) is 5.32 Å². The Balaban J connectivity index is 1.77. The van der Waals surface area contributed by atoms with Crippen LogP contribution in [-0.4, -0.2) is 17.0 Å². The number of hydrogen-bond donors (Lipinski definition) is 1. The van der Waals surface area contributed by atoms with Crippen LogP contribution in [0, 0.1) is 5.82 Å². The molecule has 4 nitrogen and oxygen atoms in total. The summed E-state index contributed by atoms with van der Waals surface area (Å²) < 4.78 is 12.9. The molecule has 0 aliphatic carbocycles. The summed E-state index contributed by atoms with van der Waals surface area (Å²) in [5, 5.41) is 3.26. The molecule has 2 aromatic carbocycles. The summed E-state index contributed by atoms with van der Waals surface area (Å²) in [5.41, 5.74) is 1.05. The molecule has 1 aliphatic heterocycles. The highest BCUT2D eigenvalue weighted by Gasteiger charge is 2.24. The molecule has 120 valence electrons. The fourth-order valence-corrected chi connectivity index (χ4v) is 2.89. The first kappa shape index (κ1) is 16.4. The molecule has 1 N–H and O–H groups in total. The summed E-state index contributed by atoms with van der Waals surface area (Å²) in [6.07, 6.45) is 1.61. The highest BCUT2D eigenvalue weighted by molar-refractivity contribution is 8.18. The predicted molar refractivity (Wildman–Crippen MR) is 93.3 cm³/mol. The van der Waals surface area contributed by atoms with Crippen LogP contribution in [0.25, 0.3) is 6.08 Å². The molecule has 0 aromatic heterocycles. The number of nitrogens with one attached hydrogen (secondary N) is 1. The molecule has 3 rings (SSSR count). The van der Waals surface area contributed by atoms with Gasteiger partial charge in [0.15, 0.2) is 5.17 Å². The van der Waals surface area contributed by atoms with Crippen molar-refractivity contribution in [2.24, 2.45) is 4.99 Å². The first-order valence-corrected chi connectivity index (χ1v) is 8.06. The second-order valence-corrected chi connectivity index (χ2v) is 6.31. The molecule has 1 fully saturated rings. The lowest BCUT2D eigenvalue weighted by Crippen LogP contribution is -2.20. The van der Waals surface area contributed by atoms with Crippen molar-refractivity contribution >= 4 is 46.4 Å². The summed E-state index contributed by atoms with van der Waals surface area (Å²) in [6.45, 7) is 0. The van der Waals surface area contributed by atoms with Crippen molar-refractivity contribution in [2.75, 3.05) is 0 Å². The van der Waals surface area contributed by atoms with Gasteiger partial charge < -0.3 is 5.32 Å². The number of carbonyl (C=O) groups excluding carboxylic acids is 2. The number of benzene rings is 2. The van der Waals surface area contributed by atoms with E-state index in [1.165, 1.54) is 12.1 Å². The third kappa shape index (κ3) is 3.90. The Morgan fingerprint density at radius 2 is 1.79 bits per heavy atom. The van der Waals surface area contributed by atoms with Crippen molar-refractivity contribution in [1.29, 1.82) is 0 Å². The van der Waals surface area contributed by atoms with E-state index in [1.54, 1.807) is 42.5 Å². The summed E-state index contributed by atoms with van der Waals surface area (Å²) in [4.78, 5) is 28.3. The third-order valence-electron chi connectivity index (χ3n) is 3.11. The van der Waals surface area contributed by atoms with Gasteiger partial charge in [0.25, 0.3) is 11.8 Å². The van der Waals surface area contributed by atoms with E-state index < -0.39 is 5.91 Å². The first-order valence-electron chi connectivity index (χ1n) is 6.86. The van der Waals surface area contributed by atoms with Crippen LogP contribution >= 0.6 is 23.4 Å². The molecule has 0 atom stereocenters. The van der Waals surface area contributed by atoms with Gasteiger partial charge in [-0.1, -0.05) is 23.7 Å². The summed E-state index contributed by atoms with van der Waals surface area (Å²) in [6, 6.07) is 12.0. The normalized spacial score (nSPS) is 17.3. The van der Waals surface area contributed by atoms with Crippen LogP contribution < -0.4 is 5.32 Å². The number of amides is 2. The monoisotopic (exact) mass is 360 g/mol. The standard InChI is InChI=1S/C17H10ClFN2O2S/c18-12-5-3-11(4-6-12)15(22)20-17-21-16(23)14(24-17)9-10-1-7-13(19)8-2-10/h1-9H,(H,20,21,22,23)/b14-9-. The maximum atomic E-state index is 12.9. The van der Waals surface area contributed by atoms with E-state index in [0.717, 1.165) is 11.8 Å². The molecule has 7 heteroatoms. The Morgan fingerprint density at radius 3 is 2.46 bits per heavy atom. The van der Waals surface area contributed by atoms with Gasteiger partial charge >= 0.3 is 0 Å². The van der Waals surface area contributed by atoms with Crippen LogP contribution in [0.1, 0.15) is 15.9 Å². The number of carbonyl (C=O) groups is 2. The lowest BCUT2D eigenvalue weighted by molar-refractivity contribution is -0.115. The van der Waals surface area contributed by atoms with E-state index in [-0.39, 0.29) is 16.9 Å². The zero-order valence-corrected chi connectivity index (χ0v) is 13.7. The average Bonchev–Trinajstić information content (AvgIpc) is 2.89. The molecular formula is C17H10ClFN2O2S. The van der Waals surface area contributed by atoms with Gasteiger partial charge in [-0.15, -0.1) is 0 Å². The third-order valence-corrected chi connectivity index (χ3v) is 4.27. The summed E-state index contributed by atoms with van der Waals surface area (Å²) in [5.74, 6) is -1.18. The van der Waals surface area contributed by atoms with E-state index in [4.69, 9.17) is 11.6 Å². The summed E-state index contributed by atoms with van der Waals surface area (Å²) >= 11 is 6.83. The zero-order chi connectivity index (χ0) is 17.1. The molecule has 1 heterocycles. The minimum atomic E-state index is -0.475. The van der Waals surface area contributed by atoms with Gasteiger partial charge in [0.05, 0.1) is 4.91 Å². The minimum absolute atomic E-state index is 0.202. The average molecular weight is 361 g/mol. The van der Waals surface area contributed by atoms with E-state index in [0.29, 0.717) is 21.1 Å². The molecule has 1 saturated heterocycles. The van der Waals surface area contributed by atoms with Gasteiger partial charge in [0.2, 0.25) is 0 Å². The Labute approximate surface area is 146 Å². The van der Waals surface area contributed by atoms with Crippen molar-refractivity contribution < 1.29 is 14.0 Å². The molecule has 0 unspecified atom stereocenters. The fraction of sp³-hybridized carbons (Fsp3) is 0. The van der Waals surface area contributed by atoms with Gasteiger partial charge in [-0.05, 0) is 59.8 Å². The lowest BCUT2D eigenvalue weighted by Gasteiger charge is -1.97. The van der Waals surface area contributed by atoms with Gasteiger partial charge in [0.1, 0.15) is 5.82 Å². The molecule has 0 saturated carbocycles. The quantitative estimate of drug-likeness (QED) is 0.827. The highest BCUT2D eigenvalue weighted by atomic mass is 35.5. The van der Waals surface area contributed by atoms with Crippen LogP contribution in [0.4, 0.5) is 4.39 Å². The van der Waals surface area contributed by atoms with Crippen LogP contribution in [0.15, 0.2) is 58.4 Å². The first-order chi connectivity index (χ1) is 11.5. The Morgan fingerprint density at radius 1 is 1.12 bits per heavy atom. The molecule has 24 heavy (non-hydrogen) atoms. The van der Waals surface area contributed by atoms with Gasteiger partial charge in [-0.2, -0.15) is 4.99 Å². The second-order valence-electron chi connectivity index (χ2n) is 4.85. The van der Waals surface area contributed by atoms with Crippen molar-refractivity contribution in [3.63, 3.8) is 0 Å². The number of halogens is 2. The SMILES string of the molecule is O=C1NC(=NC(=O)c2ccc(Cl)cc2)S/C1=C\c1ccc(F)cc1. The molecule has 1 aliphatic rings. The Hall–Kier alpha value is -2.44. The predicted octanol–water partition coefficient (Wildman–Crippen LogP) is 3.88. The maximum Gasteiger partial charge on any atom is 0.279 e. The van der Waals surface area contributed by atoms with E-state index >= 15 is 0 Å². The second kappa shape index (κ2) is 6.98. The van der Waals surface area contributed by atoms with Crippen molar-refractivity contribution in [3.8, 4) is 0 Å². The number of aliphatic imine (C=N–C) groups is 1. The topological polar surface area (TPSA) is 58.5 Å². The molecule has 2 aromatic rings. The lowest BCUT2D eigenvalue weighted by atomic mass is 10.2. The van der Waals surface area contributed by atoms with E-state index in [9.17, 15) is 14.0 Å². The van der Waals surface area contributed by atoms with Crippen LogP contribution in [0.5, 0.6) is 0 Å². The largest absolute Gasteiger partial charge is 0.300 e. The van der Waals surface area contributed by atoms with Gasteiger partial charge in [-0.3, -0.25) is 9.59 Å². The number of amidine groups is 1. The number of nitrogens with zero attached hydrogens (tertiary/aromatic N) is 1. The Kier molecular flexibility index (Phi) is 4.78. The fourth-order valence-electron chi connectivity index (χ4n) is 1.94. The number of thioether (sulfide) groups is 1. The number of hydrogen-bond acceptors (Lipinski definition) is 3. The van der Waals surface area contributed by atoms with Crippen LogP contribution in [0.2, 0.25) is 5.02 Å². The smallest absolute Gasteiger partial charge is 0.279 e. The molecule has 0 radical (unpaired) electrons. The highest BCUT2D eigenvalue weighted by Crippen LogP contribution is 2.26. The summed E-state index contributed by atoms with van der Waals surface area (Å²) in [7, 11) is 0. The van der Waals surface area contributed by atoms with E-state index in [2.05, 4.69) is 10.3 Å². The molecular weight excluding hydrogens is 351 g/mol. The minimum Gasteiger partial charge on any atom is -0.300 e. The molecule has 0 bridgehead atoms. The van der Waals surface area contributed by atoms with Gasteiger partial charge in [-0.25, -0.2) is 4.39 Å². The molecule has 0 spiro atoms. The Bertz CT molecular complexity index is 861. The maximum absolute atomic E-state index is 12.9.